The molecule has 0 unspecified atom stereocenters. The molecule has 0 amide bonds. The molecular formula is C24H28N6O2. The van der Waals surface area contributed by atoms with Crippen molar-refractivity contribution < 1.29 is 9.47 Å². The Bertz CT molecular complexity index is 1080. The van der Waals surface area contributed by atoms with Gasteiger partial charge < -0.3 is 25.4 Å². The van der Waals surface area contributed by atoms with E-state index < -0.39 is 0 Å². The number of rotatable bonds is 6. The number of nitrogen functional groups attached to an aromatic ring is 1. The van der Waals surface area contributed by atoms with Crippen molar-refractivity contribution in [2.24, 2.45) is 0 Å². The van der Waals surface area contributed by atoms with Gasteiger partial charge in [0.2, 0.25) is 6.79 Å². The van der Waals surface area contributed by atoms with Crippen molar-refractivity contribution in [3.63, 3.8) is 0 Å². The number of fused-ring (bicyclic) bond motifs is 1. The van der Waals surface area contributed by atoms with Crippen LogP contribution in [0.1, 0.15) is 16.7 Å². The zero-order valence-electron chi connectivity index (χ0n) is 18.3. The highest BCUT2D eigenvalue weighted by Gasteiger charge is 2.22. The summed E-state index contributed by atoms with van der Waals surface area (Å²) >= 11 is 0. The molecule has 3 N–H and O–H groups in total. The number of nitrogens with one attached hydrogen (secondary N) is 1. The Labute approximate surface area is 188 Å². The second kappa shape index (κ2) is 8.92. The van der Waals surface area contributed by atoms with Crippen LogP contribution >= 0.6 is 0 Å². The van der Waals surface area contributed by atoms with Gasteiger partial charge >= 0.3 is 0 Å². The van der Waals surface area contributed by atoms with Gasteiger partial charge in [0.1, 0.15) is 12.0 Å². The number of aryl methyl sites for hydroxylation is 1. The van der Waals surface area contributed by atoms with E-state index in [-0.39, 0.29) is 0 Å². The van der Waals surface area contributed by atoms with Crippen LogP contribution in [0.25, 0.3) is 0 Å². The van der Waals surface area contributed by atoms with Gasteiger partial charge in [-0.15, -0.1) is 0 Å². The molecule has 8 nitrogen and oxygen atoms in total. The molecule has 1 fully saturated rings. The summed E-state index contributed by atoms with van der Waals surface area (Å²) in [7, 11) is 0. The van der Waals surface area contributed by atoms with Gasteiger partial charge in [0.05, 0.1) is 0 Å². The molecule has 8 heteroatoms. The molecule has 3 aromatic rings. The first-order valence-electron chi connectivity index (χ1n) is 10.9. The lowest BCUT2D eigenvalue weighted by Crippen LogP contribution is -2.46. The second-order valence-corrected chi connectivity index (χ2v) is 8.25. The van der Waals surface area contributed by atoms with E-state index >= 15 is 0 Å². The van der Waals surface area contributed by atoms with E-state index in [1.165, 1.54) is 16.7 Å². The lowest BCUT2D eigenvalue weighted by Gasteiger charge is -2.36. The Balaban J connectivity index is 1.19. The van der Waals surface area contributed by atoms with Crippen LogP contribution in [0, 0.1) is 6.92 Å². The summed E-state index contributed by atoms with van der Waals surface area (Å²) in [4.78, 5) is 13.5. The maximum absolute atomic E-state index is 6.44. The third-order valence-electron chi connectivity index (χ3n) is 5.96. The Hall–Kier alpha value is -3.52. The van der Waals surface area contributed by atoms with Crippen LogP contribution in [-0.4, -0.2) is 47.8 Å². The Morgan fingerprint density at radius 2 is 1.69 bits per heavy atom. The quantitative estimate of drug-likeness (QED) is 0.615. The highest BCUT2D eigenvalue weighted by molar-refractivity contribution is 5.75. The van der Waals surface area contributed by atoms with Crippen molar-refractivity contribution in [1.82, 2.24) is 14.9 Å². The molecule has 0 spiro atoms. The molecule has 1 aromatic heterocycles. The number of ether oxygens (including phenoxy) is 2. The number of hydrogen-bond acceptors (Lipinski definition) is 8. The third kappa shape index (κ3) is 4.40. The minimum Gasteiger partial charge on any atom is -0.454 e. The lowest BCUT2D eigenvalue weighted by atomic mass is 10.1. The number of aromatic nitrogens is 2. The van der Waals surface area contributed by atoms with Gasteiger partial charge in [0.25, 0.3) is 0 Å². The standard InChI is InChI=1S/C24H28N6O2/c1-17-2-4-18(5-3-17)13-26-23-22(25)24(28-15-27-23)30-10-8-29(9-11-30)14-19-6-7-20-21(12-19)32-16-31-20/h2-7,12,15H,8-11,13-14,16,25H2,1H3,(H,26,27,28). The summed E-state index contributed by atoms with van der Waals surface area (Å²) < 4.78 is 10.9. The van der Waals surface area contributed by atoms with Gasteiger partial charge in [-0.2, -0.15) is 0 Å². The van der Waals surface area contributed by atoms with Crippen LogP contribution < -0.4 is 25.4 Å². The van der Waals surface area contributed by atoms with Gasteiger partial charge in [-0.1, -0.05) is 35.9 Å². The molecule has 0 saturated carbocycles. The van der Waals surface area contributed by atoms with E-state index in [1.807, 2.05) is 6.07 Å². The summed E-state index contributed by atoms with van der Waals surface area (Å²) in [5, 5.41) is 3.35. The molecule has 2 aromatic carbocycles. The SMILES string of the molecule is Cc1ccc(CNc2ncnc(N3CCN(Cc4ccc5c(c4)OCO5)CC3)c2N)cc1. The fourth-order valence-electron chi connectivity index (χ4n) is 4.09. The monoisotopic (exact) mass is 432 g/mol. The fourth-order valence-corrected chi connectivity index (χ4v) is 4.09. The molecule has 0 bridgehead atoms. The maximum Gasteiger partial charge on any atom is 0.231 e. The molecule has 2 aliphatic rings. The van der Waals surface area contributed by atoms with Gasteiger partial charge in [-0.25, -0.2) is 9.97 Å². The molecule has 2 aliphatic heterocycles. The molecule has 166 valence electrons. The van der Waals surface area contributed by atoms with Crippen LogP contribution in [-0.2, 0) is 13.1 Å². The molecule has 0 radical (unpaired) electrons. The van der Waals surface area contributed by atoms with E-state index in [0.717, 1.165) is 50.0 Å². The van der Waals surface area contributed by atoms with E-state index in [9.17, 15) is 0 Å². The molecular weight excluding hydrogens is 404 g/mol. The smallest absolute Gasteiger partial charge is 0.231 e. The van der Waals surface area contributed by atoms with Crippen LogP contribution in [0.2, 0.25) is 0 Å². The van der Waals surface area contributed by atoms with Crippen LogP contribution in [0.5, 0.6) is 11.5 Å². The van der Waals surface area contributed by atoms with E-state index in [0.29, 0.717) is 24.8 Å². The van der Waals surface area contributed by atoms with Crippen molar-refractivity contribution in [3.05, 3.63) is 65.5 Å². The lowest BCUT2D eigenvalue weighted by molar-refractivity contribution is 0.174. The average molecular weight is 433 g/mol. The Morgan fingerprint density at radius 3 is 2.50 bits per heavy atom. The first-order valence-corrected chi connectivity index (χ1v) is 10.9. The van der Waals surface area contributed by atoms with Crippen molar-refractivity contribution in [3.8, 4) is 11.5 Å². The van der Waals surface area contributed by atoms with Gasteiger partial charge in [0, 0.05) is 39.3 Å². The molecule has 32 heavy (non-hydrogen) atoms. The van der Waals surface area contributed by atoms with Crippen LogP contribution in [0.3, 0.4) is 0 Å². The molecule has 3 heterocycles. The number of anilines is 3. The summed E-state index contributed by atoms with van der Waals surface area (Å²) in [5.41, 5.74) is 10.7. The van der Waals surface area contributed by atoms with E-state index in [2.05, 4.69) is 68.4 Å². The highest BCUT2D eigenvalue weighted by Crippen LogP contribution is 2.33. The minimum atomic E-state index is 0.305. The zero-order valence-corrected chi connectivity index (χ0v) is 18.3. The zero-order chi connectivity index (χ0) is 21.9. The fraction of sp³-hybridized carbons (Fsp3) is 0.333. The van der Waals surface area contributed by atoms with Crippen LogP contribution in [0.15, 0.2) is 48.8 Å². The third-order valence-corrected chi connectivity index (χ3v) is 5.96. The predicted molar refractivity (Wildman–Crippen MR) is 125 cm³/mol. The Morgan fingerprint density at radius 1 is 0.938 bits per heavy atom. The normalized spacial score (nSPS) is 15.7. The van der Waals surface area contributed by atoms with Crippen molar-refractivity contribution in [2.75, 3.05) is 48.9 Å². The summed E-state index contributed by atoms with van der Waals surface area (Å²) in [5.74, 6) is 3.14. The first-order chi connectivity index (χ1) is 15.7. The summed E-state index contributed by atoms with van der Waals surface area (Å²) in [6.45, 7) is 7.54. The molecule has 0 aliphatic carbocycles. The minimum absolute atomic E-state index is 0.305. The molecule has 0 atom stereocenters. The van der Waals surface area contributed by atoms with Crippen molar-refractivity contribution in [2.45, 2.75) is 20.0 Å². The first kappa shape index (κ1) is 20.4. The molecule has 5 rings (SSSR count). The average Bonchev–Trinajstić information content (AvgIpc) is 3.28. The topological polar surface area (TPSA) is 88.8 Å². The second-order valence-electron chi connectivity index (χ2n) is 8.25. The number of benzene rings is 2. The summed E-state index contributed by atoms with van der Waals surface area (Å²) in [6, 6.07) is 14.6. The number of nitrogens with zero attached hydrogens (tertiary/aromatic N) is 4. The van der Waals surface area contributed by atoms with Crippen molar-refractivity contribution in [1.29, 1.82) is 0 Å². The number of nitrogens with two attached hydrogens (primary N) is 1. The molecule has 1 saturated heterocycles. The van der Waals surface area contributed by atoms with E-state index in [1.54, 1.807) is 6.33 Å². The largest absolute Gasteiger partial charge is 0.454 e. The van der Waals surface area contributed by atoms with Gasteiger partial charge in [-0.05, 0) is 30.2 Å². The highest BCUT2D eigenvalue weighted by atomic mass is 16.7. The van der Waals surface area contributed by atoms with Crippen LogP contribution in [0.4, 0.5) is 17.3 Å². The number of hydrogen-bond donors (Lipinski definition) is 2. The van der Waals surface area contributed by atoms with Crippen molar-refractivity contribution >= 4 is 17.3 Å². The predicted octanol–water partition coefficient (Wildman–Crippen LogP) is 3.03. The Kier molecular flexibility index (Phi) is 5.68. The summed E-state index contributed by atoms with van der Waals surface area (Å²) in [6.07, 6.45) is 1.59. The van der Waals surface area contributed by atoms with E-state index in [4.69, 9.17) is 15.2 Å². The maximum atomic E-state index is 6.44. The number of piperazine rings is 1. The van der Waals surface area contributed by atoms with Gasteiger partial charge in [0.15, 0.2) is 23.1 Å². The van der Waals surface area contributed by atoms with Gasteiger partial charge in [-0.3, -0.25) is 4.90 Å².